The van der Waals surface area contributed by atoms with E-state index < -0.39 is 0 Å². The monoisotopic (exact) mass is 256 g/mol. The average Bonchev–Trinajstić information content (AvgIpc) is 2.98. The van der Waals surface area contributed by atoms with Gasteiger partial charge in [-0.15, -0.1) is 5.10 Å². The first-order chi connectivity index (χ1) is 9.34. The smallest absolute Gasteiger partial charge is 0.113 e. The van der Waals surface area contributed by atoms with Crippen molar-refractivity contribution >= 4 is 0 Å². The Labute approximate surface area is 113 Å². The molecule has 1 fully saturated rings. The molecule has 1 aliphatic heterocycles. The third-order valence-electron chi connectivity index (χ3n) is 3.56. The Morgan fingerprint density at radius 1 is 1.32 bits per heavy atom. The van der Waals surface area contributed by atoms with Crippen LogP contribution in [0.4, 0.5) is 0 Å². The molecule has 1 radical (unpaired) electrons. The summed E-state index contributed by atoms with van der Waals surface area (Å²) in [4.78, 5) is 2.41. The maximum absolute atomic E-state index is 4.25. The quantitative estimate of drug-likeness (QED) is 0.895. The third-order valence-corrected chi connectivity index (χ3v) is 3.56. The van der Waals surface area contributed by atoms with Crippen molar-refractivity contribution in [3.05, 3.63) is 36.5 Å². The minimum Gasteiger partial charge on any atom is -0.314 e. The zero-order valence-electron chi connectivity index (χ0n) is 11.1. The molecule has 1 aromatic carbocycles. The molecule has 1 atom stereocenters. The van der Waals surface area contributed by atoms with Gasteiger partial charge in [0.15, 0.2) is 0 Å². The summed E-state index contributed by atoms with van der Waals surface area (Å²) in [5.41, 5.74) is 1.86. The average molecular weight is 256 g/mol. The molecule has 99 valence electrons. The fourth-order valence-corrected chi connectivity index (χ4v) is 2.36. The number of hydrogen-bond acceptors (Lipinski definition) is 4. The number of piperazine rings is 1. The SMILES string of the molecule is CC(N1CCNCC1)n1cc(-c2[c]cccc2)nn1. The van der Waals surface area contributed by atoms with Gasteiger partial charge in [0.25, 0.3) is 0 Å². The van der Waals surface area contributed by atoms with Gasteiger partial charge in [-0.25, -0.2) is 4.68 Å². The third kappa shape index (κ3) is 2.67. The molecular formula is C14H18N5. The summed E-state index contributed by atoms with van der Waals surface area (Å²) in [6, 6.07) is 11.0. The summed E-state index contributed by atoms with van der Waals surface area (Å²) >= 11 is 0. The summed E-state index contributed by atoms with van der Waals surface area (Å²) in [5, 5.41) is 11.9. The number of rotatable bonds is 3. The molecule has 0 amide bonds. The highest BCUT2D eigenvalue weighted by atomic mass is 15.5. The largest absolute Gasteiger partial charge is 0.314 e. The van der Waals surface area contributed by atoms with Crippen molar-refractivity contribution < 1.29 is 0 Å². The fraction of sp³-hybridized carbons (Fsp3) is 0.429. The fourth-order valence-electron chi connectivity index (χ4n) is 2.36. The highest BCUT2D eigenvalue weighted by molar-refractivity contribution is 5.56. The van der Waals surface area contributed by atoms with Crippen molar-refractivity contribution in [1.82, 2.24) is 25.2 Å². The van der Waals surface area contributed by atoms with Crippen molar-refractivity contribution in [2.24, 2.45) is 0 Å². The molecule has 0 bridgehead atoms. The summed E-state index contributed by atoms with van der Waals surface area (Å²) < 4.78 is 1.93. The molecule has 5 nitrogen and oxygen atoms in total. The van der Waals surface area contributed by atoms with Crippen molar-refractivity contribution in [2.45, 2.75) is 13.1 Å². The van der Waals surface area contributed by atoms with Crippen LogP contribution in [0.5, 0.6) is 0 Å². The Morgan fingerprint density at radius 2 is 2.16 bits per heavy atom. The second-order valence-corrected chi connectivity index (χ2v) is 4.78. The number of hydrogen-bond donors (Lipinski definition) is 1. The Morgan fingerprint density at radius 3 is 2.89 bits per heavy atom. The van der Waals surface area contributed by atoms with Crippen LogP contribution in [0.1, 0.15) is 13.1 Å². The lowest BCUT2D eigenvalue weighted by Crippen LogP contribution is -2.45. The normalized spacial score (nSPS) is 18.4. The summed E-state index contributed by atoms with van der Waals surface area (Å²) in [7, 11) is 0. The van der Waals surface area contributed by atoms with Crippen LogP contribution in [-0.4, -0.2) is 46.1 Å². The summed E-state index contributed by atoms with van der Waals surface area (Å²) in [5.74, 6) is 0. The highest BCUT2D eigenvalue weighted by Crippen LogP contribution is 2.18. The van der Waals surface area contributed by atoms with Crippen molar-refractivity contribution in [3.8, 4) is 11.3 Å². The standard InChI is InChI=1S/C14H18N5/c1-12(18-9-7-15-8-10-18)19-11-14(16-17-19)13-5-3-2-4-6-13/h2-5,11-12,15H,7-10H2,1H3. The predicted molar refractivity (Wildman–Crippen MR) is 73.4 cm³/mol. The van der Waals surface area contributed by atoms with Crippen molar-refractivity contribution in [1.29, 1.82) is 0 Å². The van der Waals surface area contributed by atoms with Crippen LogP contribution in [0.25, 0.3) is 11.3 Å². The van der Waals surface area contributed by atoms with Gasteiger partial charge in [-0.1, -0.05) is 29.5 Å². The first kappa shape index (κ1) is 12.3. The first-order valence-corrected chi connectivity index (χ1v) is 6.68. The van der Waals surface area contributed by atoms with Crippen LogP contribution in [0.2, 0.25) is 0 Å². The Hall–Kier alpha value is -1.72. The number of aromatic nitrogens is 3. The van der Waals surface area contributed by atoms with E-state index in [9.17, 15) is 0 Å². The van der Waals surface area contributed by atoms with E-state index in [4.69, 9.17) is 0 Å². The molecule has 1 aliphatic rings. The Balaban J connectivity index is 1.77. The summed E-state index contributed by atoms with van der Waals surface area (Å²) in [6.07, 6.45) is 2.24. The van der Waals surface area contributed by atoms with Gasteiger partial charge < -0.3 is 5.32 Å². The van der Waals surface area contributed by atoms with Crippen LogP contribution < -0.4 is 5.32 Å². The van der Waals surface area contributed by atoms with E-state index in [1.807, 2.05) is 35.1 Å². The van der Waals surface area contributed by atoms with Crippen LogP contribution in [0.15, 0.2) is 30.5 Å². The van der Waals surface area contributed by atoms with Gasteiger partial charge in [-0.2, -0.15) is 0 Å². The van der Waals surface area contributed by atoms with Gasteiger partial charge >= 0.3 is 0 Å². The van der Waals surface area contributed by atoms with E-state index >= 15 is 0 Å². The molecule has 0 spiro atoms. The van der Waals surface area contributed by atoms with E-state index in [2.05, 4.69) is 33.5 Å². The lowest BCUT2D eigenvalue weighted by atomic mass is 10.2. The zero-order valence-corrected chi connectivity index (χ0v) is 11.1. The molecule has 5 heteroatoms. The van der Waals surface area contributed by atoms with Crippen LogP contribution >= 0.6 is 0 Å². The topological polar surface area (TPSA) is 46.0 Å². The van der Waals surface area contributed by atoms with Crippen LogP contribution in [0, 0.1) is 6.07 Å². The molecule has 2 heterocycles. The van der Waals surface area contributed by atoms with E-state index in [0.29, 0.717) is 0 Å². The molecule has 0 aliphatic carbocycles. The number of benzene rings is 1. The highest BCUT2D eigenvalue weighted by Gasteiger charge is 2.19. The Kier molecular flexibility index (Phi) is 3.57. The maximum atomic E-state index is 4.25. The number of nitrogens with zero attached hydrogens (tertiary/aromatic N) is 4. The molecule has 1 saturated heterocycles. The zero-order chi connectivity index (χ0) is 13.1. The second-order valence-electron chi connectivity index (χ2n) is 4.78. The molecule has 1 N–H and O–H groups in total. The molecule has 0 saturated carbocycles. The van der Waals surface area contributed by atoms with Crippen molar-refractivity contribution in [3.63, 3.8) is 0 Å². The molecule has 2 aromatic rings. The minimum absolute atomic E-state index is 0.243. The summed E-state index contributed by atoms with van der Waals surface area (Å²) in [6.45, 7) is 6.34. The van der Waals surface area contributed by atoms with E-state index in [-0.39, 0.29) is 6.17 Å². The van der Waals surface area contributed by atoms with E-state index in [0.717, 1.165) is 37.4 Å². The van der Waals surface area contributed by atoms with Gasteiger partial charge in [0.05, 0.1) is 6.20 Å². The van der Waals surface area contributed by atoms with Gasteiger partial charge in [0.1, 0.15) is 11.9 Å². The maximum Gasteiger partial charge on any atom is 0.113 e. The van der Waals surface area contributed by atoms with Crippen LogP contribution in [-0.2, 0) is 0 Å². The van der Waals surface area contributed by atoms with Gasteiger partial charge in [-0.05, 0) is 13.0 Å². The lowest BCUT2D eigenvalue weighted by molar-refractivity contribution is 0.123. The van der Waals surface area contributed by atoms with Crippen LogP contribution in [0.3, 0.4) is 0 Å². The molecule has 1 aromatic heterocycles. The minimum atomic E-state index is 0.243. The lowest BCUT2D eigenvalue weighted by Gasteiger charge is -2.32. The second kappa shape index (κ2) is 5.50. The van der Waals surface area contributed by atoms with Gasteiger partial charge in [0.2, 0.25) is 0 Å². The first-order valence-electron chi connectivity index (χ1n) is 6.68. The van der Waals surface area contributed by atoms with E-state index in [1.165, 1.54) is 0 Å². The molecule has 3 rings (SSSR count). The predicted octanol–water partition coefficient (Wildman–Crippen LogP) is 1.17. The van der Waals surface area contributed by atoms with Gasteiger partial charge in [-0.3, -0.25) is 4.90 Å². The van der Waals surface area contributed by atoms with Crippen molar-refractivity contribution in [2.75, 3.05) is 26.2 Å². The molecule has 1 unspecified atom stereocenters. The molecular weight excluding hydrogens is 238 g/mol. The number of nitrogens with one attached hydrogen (secondary N) is 1. The van der Waals surface area contributed by atoms with Gasteiger partial charge in [0, 0.05) is 31.7 Å². The van der Waals surface area contributed by atoms with E-state index in [1.54, 1.807) is 0 Å². The Bertz CT molecular complexity index is 516. The molecule has 19 heavy (non-hydrogen) atoms.